The van der Waals surface area contributed by atoms with Crippen LogP contribution in [0.3, 0.4) is 0 Å². The molecule has 2 aromatic carbocycles. The largest absolute Gasteiger partial charge is 0.376 e. The van der Waals surface area contributed by atoms with Crippen LogP contribution in [0.15, 0.2) is 42.5 Å². The van der Waals surface area contributed by atoms with E-state index in [4.69, 9.17) is 0 Å². The summed E-state index contributed by atoms with van der Waals surface area (Å²) in [5.74, 6) is 0.479. The molecule has 0 spiro atoms. The Balaban J connectivity index is 1.63. The molecule has 1 aliphatic carbocycles. The third-order valence-corrected chi connectivity index (χ3v) is 4.64. The topological polar surface area (TPSA) is 41.1 Å². The number of carbonyl (C=O) groups is 1. The van der Waals surface area contributed by atoms with Crippen molar-refractivity contribution in [2.75, 3.05) is 11.9 Å². The van der Waals surface area contributed by atoms with Gasteiger partial charge >= 0.3 is 0 Å². The first-order chi connectivity index (χ1) is 11.0. The minimum absolute atomic E-state index is 0.0370. The Morgan fingerprint density at radius 1 is 1.04 bits per heavy atom. The fourth-order valence-corrected chi connectivity index (χ4v) is 2.91. The van der Waals surface area contributed by atoms with E-state index in [-0.39, 0.29) is 11.9 Å². The molecule has 1 aliphatic rings. The van der Waals surface area contributed by atoms with Gasteiger partial charge in [0.05, 0.1) is 6.54 Å². The van der Waals surface area contributed by atoms with Gasteiger partial charge in [0, 0.05) is 11.7 Å². The maximum atomic E-state index is 12.0. The van der Waals surface area contributed by atoms with E-state index in [1.807, 2.05) is 6.92 Å². The van der Waals surface area contributed by atoms with Crippen LogP contribution in [0.4, 0.5) is 5.69 Å². The van der Waals surface area contributed by atoms with Gasteiger partial charge in [0.2, 0.25) is 5.91 Å². The Hall–Kier alpha value is -2.29. The van der Waals surface area contributed by atoms with Gasteiger partial charge in [-0.15, -0.1) is 0 Å². The Labute approximate surface area is 138 Å². The lowest BCUT2D eigenvalue weighted by atomic mass is 10.1. The Kier molecular flexibility index (Phi) is 4.37. The average molecular weight is 308 g/mol. The summed E-state index contributed by atoms with van der Waals surface area (Å²) in [7, 11) is 0. The second-order valence-electron chi connectivity index (χ2n) is 6.66. The summed E-state index contributed by atoms with van der Waals surface area (Å²) in [4.78, 5) is 12.0. The van der Waals surface area contributed by atoms with Crippen LogP contribution in [0.1, 0.15) is 31.9 Å². The summed E-state index contributed by atoms with van der Waals surface area (Å²) < 4.78 is 0. The highest BCUT2D eigenvalue weighted by atomic mass is 16.1. The van der Waals surface area contributed by atoms with E-state index in [1.165, 1.54) is 22.3 Å². The number of rotatable bonds is 5. The second kappa shape index (κ2) is 6.45. The van der Waals surface area contributed by atoms with Crippen molar-refractivity contribution in [1.29, 1.82) is 0 Å². The standard InChI is InChI=1S/C20H24N2O/c1-13(2)14(3)22-20(23)12-21-17-8-9-19-16(11-17)10-15-6-4-5-7-18(15)19/h4-9,11,13-14,21H,10,12H2,1-3H3,(H,22,23). The number of hydrogen-bond donors (Lipinski definition) is 2. The molecule has 0 aliphatic heterocycles. The molecule has 3 heteroatoms. The van der Waals surface area contributed by atoms with Crippen LogP contribution in [0.2, 0.25) is 0 Å². The first kappa shape index (κ1) is 15.6. The van der Waals surface area contributed by atoms with Crippen LogP contribution in [0.5, 0.6) is 0 Å². The normalized spacial score (nSPS) is 13.4. The van der Waals surface area contributed by atoms with Crippen molar-refractivity contribution >= 4 is 11.6 Å². The molecular weight excluding hydrogens is 284 g/mol. The summed E-state index contributed by atoms with van der Waals surface area (Å²) in [6.45, 7) is 6.56. The predicted octanol–water partition coefficient (Wildman–Crippen LogP) is 3.83. The van der Waals surface area contributed by atoms with Gasteiger partial charge in [-0.2, -0.15) is 0 Å². The van der Waals surface area contributed by atoms with Gasteiger partial charge in [0.1, 0.15) is 0 Å². The smallest absolute Gasteiger partial charge is 0.239 e. The number of anilines is 1. The zero-order valence-corrected chi connectivity index (χ0v) is 14.0. The maximum Gasteiger partial charge on any atom is 0.239 e. The van der Waals surface area contributed by atoms with Crippen molar-refractivity contribution < 1.29 is 4.79 Å². The molecule has 3 nitrogen and oxygen atoms in total. The fourth-order valence-electron chi connectivity index (χ4n) is 2.91. The lowest BCUT2D eigenvalue weighted by molar-refractivity contribution is -0.120. The highest BCUT2D eigenvalue weighted by Crippen LogP contribution is 2.37. The van der Waals surface area contributed by atoms with Gasteiger partial charge in [-0.1, -0.05) is 44.2 Å². The summed E-state index contributed by atoms with van der Waals surface area (Å²) in [6, 6.07) is 15.1. The van der Waals surface area contributed by atoms with Crippen molar-refractivity contribution in [3.05, 3.63) is 53.6 Å². The SMILES string of the molecule is CC(C)C(C)NC(=O)CNc1ccc2c(c1)Cc1ccccc1-2. The van der Waals surface area contributed by atoms with E-state index in [9.17, 15) is 4.79 Å². The molecule has 2 aromatic rings. The highest BCUT2D eigenvalue weighted by Gasteiger charge is 2.18. The highest BCUT2D eigenvalue weighted by molar-refractivity contribution is 5.82. The van der Waals surface area contributed by atoms with Gasteiger partial charge in [0.25, 0.3) is 0 Å². The van der Waals surface area contributed by atoms with Crippen LogP contribution in [-0.4, -0.2) is 18.5 Å². The number of carbonyl (C=O) groups excluding carboxylic acids is 1. The molecule has 0 bridgehead atoms. The molecule has 120 valence electrons. The van der Waals surface area contributed by atoms with Crippen molar-refractivity contribution in [1.82, 2.24) is 5.32 Å². The summed E-state index contributed by atoms with van der Waals surface area (Å²) in [5.41, 5.74) is 6.35. The number of hydrogen-bond acceptors (Lipinski definition) is 2. The second-order valence-corrected chi connectivity index (χ2v) is 6.66. The molecular formula is C20H24N2O. The fraction of sp³-hybridized carbons (Fsp3) is 0.350. The van der Waals surface area contributed by atoms with Crippen molar-refractivity contribution in [3.63, 3.8) is 0 Å². The van der Waals surface area contributed by atoms with Gasteiger partial charge in [-0.3, -0.25) is 4.79 Å². The van der Waals surface area contributed by atoms with Gasteiger partial charge in [-0.25, -0.2) is 0 Å². The average Bonchev–Trinajstić information content (AvgIpc) is 2.90. The van der Waals surface area contributed by atoms with E-state index in [2.05, 4.69) is 66.9 Å². The monoisotopic (exact) mass is 308 g/mol. The summed E-state index contributed by atoms with van der Waals surface area (Å²) in [5, 5.41) is 6.25. The quantitative estimate of drug-likeness (QED) is 0.752. The Bertz CT molecular complexity index is 721. The van der Waals surface area contributed by atoms with Gasteiger partial charge in [0.15, 0.2) is 0 Å². The van der Waals surface area contributed by atoms with E-state index in [0.717, 1.165) is 12.1 Å². The maximum absolute atomic E-state index is 12.0. The first-order valence-corrected chi connectivity index (χ1v) is 8.29. The van der Waals surface area contributed by atoms with Crippen molar-refractivity contribution in [2.45, 2.75) is 33.2 Å². The molecule has 0 saturated carbocycles. The van der Waals surface area contributed by atoms with Crippen molar-refractivity contribution in [3.8, 4) is 11.1 Å². The van der Waals surface area contributed by atoms with Crippen LogP contribution < -0.4 is 10.6 Å². The first-order valence-electron chi connectivity index (χ1n) is 8.29. The molecule has 0 heterocycles. The number of fused-ring (bicyclic) bond motifs is 3. The zero-order chi connectivity index (χ0) is 16.4. The molecule has 3 rings (SSSR count). The zero-order valence-electron chi connectivity index (χ0n) is 14.0. The number of benzene rings is 2. The molecule has 1 atom stereocenters. The molecule has 0 saturated heterocycles. The van der Waals surface area contributed by atoms with Crippen LogP contribution in [-0.2, 0) is 11.2 Å². The van der Waals surface area contributed by atoms with Crippen LogP contribution >= 0.6 is 0 Å². The molecule has 1 unspecified atom stereocenters. The van der Waals surface area contributed by atoms with E-state index >= 15 is 0 Å². The van der Waals surface area contributed by atoms with Crippen LogP contribution in [0, 0.1) is 5.92 Å². The predicted molar refractivity (Wildman–Crippen MR) is 95.6 cm³/mol. The third kappa shape index (κ3) is 3.39. The van der Waals surface area contributed by atoms with E-state index in [1.54, 1.807) is 0 Å². The van der Waals surface area contributed by atoms with Gasteiger partial charge in [-0.05, 0) is 53.6 Å². The molecule has 23 heavy (non-hydrogen) atoms. The van der Waals surface area contributed by atoms with Crippen LogP contribution in [0.25, 0.3) is 11.1 Å². The lowest BCUT2D eigenvalue weighted by Crippen LogP contribution is -2.39. The number of nitrogens with one attached hydrogen (secondary N) is 2. The van der Waals surface area contributed by atoms with E-state index < -0.39 is 0 Å². The number of amides is 1. The van der Waals surface area contributed by atoms with Gasteiger partial charge < -0.3 is 10.6 Å². The molecule has 0 fully saturated rings. The van der Waals surface area contributed by atoms with Crippen molar-refractivity contribution in [2.24, 2.45) is 5.92 Å². The summed E-state index contributed by atoms with van der Waals surface area (Å²) >= 11 is 0. The Morgan fingerprint density at radius 2 is 1.78 bits per heavy atom. The molecule has 2 N–H and O–H groups in total. The molecule has 0 aromatic heterocycles. The third-order valence-electron chi connectivity index (χ3n) is 4.64. The Morgan fingerprint density at radius 3 is 2.57 bits per heavy atom. The van der Waals surface area contributed by atoms with E-state index in [0.29, 0.717) is 12.5 Å². The lowest BCUT2D eigenvalue weighted by Gasteiger charge is -2.18. The molecule has 1 amide bonds. The summed E-state index contributed by atoms with van der Waals surface area (Å²) in [6.07, 6.45) is 0.970. The molecule has 0 radical (unpaired) electrons. The minimum atomic E-state index is 0.0370. The minimum Gasteiger partial charge on any atom is -0.376 e.